The van der Waals surface area contributed by atoms with Crippen LogP contribution in [0.1, 0.15) is 45.4 Å². The molecule has 2 heterocycles. The lowest BCUT2D eigenvalue weighted by atomic mass is 10.1. The van der Waals surface area contributed by atoms with Gasteiger partial charge in [0.2, 0.25) is 0 Å². The van der Waals surface area contributed by atoms with Gasteiger partial charge in [-0.3, -0.25) is 4.99 Å². The lowest BCUT2D eigenvalue weighted by molar-refractivity contribution is 0.0824. The molecular weight excluding hydrogens is 302 g/mol. The molecule has 6 heteroatoms. The summed E-state index contributed by atoms with van der Waals surface area (Å²) < 4.78 is 0. The predicted octanol–water partition coefficient (Wildman–Crippen LogP) is 0.874. The molecule has 2 aliphatic heterocycles. The van der Waals surface area contributed by atoms with Crippen LogP contribution in [0.25, 0.3) is 0 Å². The molecule has 0 aromatic rings. The van der Waals surface area contributed by atoms with Crippen molar-refractivity contribution >= 4 is 5.96 Å². The van der Waals surface area contributed by atoms with E-state index >= 15 is 0 Å². The summed E-state index contributed by atoms with van der Waals surface area (Å²) in [6.07, 6.45) is 6.93. The van der Waals surface area contributed by atoms with Gasteiger partial charge in [-0.25, -0.2) is 0 Å². The van der Waals surface area contributed by atoms with E-state index in [1.807, 2.05) is 0 Å². The van der Waals surface area contributed by atoms with Crippen LogP contribution in [0.2, 0.25) is 0 Å². The van der Waals surface area contributed by atoms with E-state index in [0.717, 1.165) is 71.0 Å². The number of hydrogen-bond donors (Lipinski definition) is 3. The van der Waals surface area contributed by atoms with E-state index in [1.54, 1.807) is 0 Å². The van der Waals surface area contributed by atoms with Gasteiger partial charge in [-0.2, -0.15) is 0 Å². The molecule has 0 radical (unpaired) electrons. The summed E-state index contributed by atoms with van der Waals surface area (Å²) in [5, 5.41) is 16.3. The molecule has 0 aromatic heterocycles. The van der Waals surface area contributed by atoms with E-state index in [1.165, 1.54) is 32.4 Å². The topological polar surface area (TPSA) is 63.1 Å². The molecule has 2 saturated heterocycles. The number of rotatable bonds is 8. The number of hydrogen-bond acceptors (Lipinski definition) is 4. The molecule has 0 unspecified atom stereocenters. The zero-order chi connectivity index (χ0) is 17.0. The quantitative estimate of drug-likeness (QED) is 0.348. The second-order valence-electron chi connectivity index (χ2n) is 7.02. The van der Waals surface area contributed by atoms with Crippen LogP contribution in [0.15, 0.2) is 4.99 Å². The van der Waals surface area contributed by atoms with Gasteiger partial charge in [-0.1, -0.05) is 6.42 Å². The zero-order valence-corrected chi connectivity index (χ0v) is 15.5. The number of aliphatic hydroxyl groups excluding tert-OH is 1. The number of piperidine rings is 2. The minimum absolute atomic E-state index is 0.0799. The first kappa shape index (κ1) is 19.5. The molecular formula is C18H37N5O. The van der Waals surface area contributed by atoms with Crippen LogP contribution < -0.4 is 10.6 Å². The Labute approximate surface area is 147 Å². The number of aliphatic hydroxyl groups is 1. The van der Waals surface area contributed by atoms with Crippen molar-refractivity contribution in [1.82, 2.24) is 20.4 Å². The van der Waals surface area contributed by atoms with Crippen molar-refractivity contribution in [2.24, 2.45) is 4.99 Å². The number of nitrogens with zero attached hydrogens (tertiary/aromatic N) is 3. The van der Waals surface area contributed by atoms with Gasteiger partial charge in [0.05, 0.1) is 6.10 Å². The van der Waals surface area contributed by atoms with E-state index in [9.17, 15) is 5.11 Å². The van der Waals surface area contributed by atoms with Gasteiger partial charge in [0, 0.05) is 39.3 Å². The summed E-state index contributed by atoms with van der Waals surface area (Å²) in [5.74, 6) is 0.948. The molecule has 140 valence electrons. The first-order valence-electron chi connectivity index (χ1n) is 9.93. The highest BCUT2D eigenvalue weighted by Gasteiger charge is 2.16. The molecule has 0 atom stereocenters. The number of nitrogens with one attached hydrogen (secondary N) is 2. The van der Waals surface area contributed by atoms with Gasteiger partial charge in [0.15, 0.2) is 5.96 Å². The zero-order valence-electron chi connectivity index (χ0n) is 15.5. The lowest BCUT2D eigenvalue weighted by Gasteiger charge is -2.29. The molecule has 0 amide bonds. The fourth-order valence-corrected chi connectivity index (χ4v) is 3.49. The normalized spacial score (nSPS) is 21.8. The molecule has 0 saturated carbocycles. The highest BCUT2D eigenvalue weighted by atomic mass is 16.3. The summed E-state index contributed by atoms with van der Waals surface area (Å²) in [4.78, 5) is 9.69. The van der Waals surface area contributed by atoms with Crippen LogP contribution in [0, 0.1) is 0 Å². The van der Waals surface area contributed by atoms with E-state index < -0.39 is 0 Å². The molecule has 2 aliphatic rings. The first-order valence-corrected chi connectivity index (χ1v) is 9.93. The van der Waals surface area contributed by atoms with Gasteiger partial charge in [0.1, 0.15) is 0 Å². The third kappa shape index (κ3) is 7.81. The van der Waals surface area contributed by atoms with E-state index in [-0.39, 0.29) is 6.10 Å². The second kappa shape index (κ2) is 11.7. The number of likely N-dealkylation sites (tertiary alicyclic amines) is 2. The summed E-state index contributed by atoms with van der Waals surface area (Å²) in [5.41, 5.74) is 0. The summed E-state index contributed by atoms with van der Waals surface area (Å²) in [6.45, 7) is 11.6. The molecule has 6 nitrogen and oxygen atoms in total. The standard InChI is InChI=1S/C18H37N5O/c1-2-19-18(21-10-16-22-11-4-3-5-12-22)20-9-6-13-23-14-7-17(24)8-15-23/h17,24H,2-16H2,1H3,(H2,19,20,21). The van der Waals surface area contributed by atoms with Crippen LogP contribution in [-0.2, 0) is 0 Å². The minimum Gasteiger partial charge on any atom is -0.393 e. The number of aliphatic imine (C=N–C) groups is 1. The summed E-state index contributed by atoms with van der Waals surface area (Å²) >= 11 is 0. The molecule has 2 fully saturated rings. The Kier molecular flexibility index (Phi) is 9.46. The molecule has 0 aromatic carbocycles. The second-order valence-corrected chi connectivity index (χ2v) is 7.02. The Bertz CT molecular complexity index is 349. The van der Waals surface area contributed by atoms with Gasteiger partial charge in [-0.05, 0) is 58.7 Å². The molecule has 0 spiro atoms. The van der Waals surface area contributed by atoms with Crippen molar-refractivity contribution in [3.63, 3.8) is 0 Å². The largest absolute Gasteiger partial charge is 0.393 e. The third-order valence-electron chi connectivity index (χ3n) is 4.97. The van der Waals surface area contributed by atoms with Crippen LogP contribution in [0.5, 0.6) is 0 Å². The predicted molar refractivity (Wildman–Crippen MR) is 101 cm³/mol. The van der Waals surface area contributed by atoms with Crippen molar-refractivity contribution in [1.29, 1.82) is 0 Å². The highest BCUT2D eigenvalue weighted by molar-refractivity contribution is 5.79. The molecule has 24 heavy (non-hydrogen) atoms. The van der Waals surface area contributed by atoms with Crippen LogP contribution >= 0.6 is 0 Å². The van der Waals surface area contributed by atoms with Gasteiger partial charge in [-0.15, -0.1) is 0 Å². The maximum Gasteiger partial charge on any atom is 0.191 e. The lowest BCUT2D eigenvalue weighted by Crippen LogP contribution is -2.42. The van der Waals surface area contributed by atoms with Crippen molar-refractivity contribution < 1.29 is 5.11 Å². The van der Waals surface area contributed by atoms with E-state index in [4.69, 9.17) is 4.99 Å². The molecule has 2 rings (SSSR count). The monoisotopic (exact) mass is 339 g/mol. The SMILES string of the molecule is CCNC(=NCCCN1CCC(O)CC1)NCCN1CCCCC1. The smallest absolute Gasteiger partial charge is 0.191 e. The average molecular weight is 340 g/mol. The Balaban J connectivity index is 1.58. The summed E-state index contributed by atoms with van der Waals surface area (Å²) in [6, 6.07) is 0. The first-order chi connectivity index (χ1) is 11.8. The van der Waals surface area contributed by atoms with E-state index in [2.05, 4.69) is 27.4 Å². The fraction of sp³-hybridized carbons (Fsp3) is 0.944. The Morgan fingerprint density at radius 1 is 1.00 bits per heavy atom. The van der Waals surface area contributed by atoms with Crippen molar-refractivity contribution in [2.45, 2.75) is 51.6 Å². The van der Waals surface area contributed by atoms with Crippen LogP contribution in [-0.4, -0.2) is 85.9 Å². The van der Waals surface area contributed by atoms with Crippen molar-refractivity contribution in [2.75, 3.05) is 58.9 Å². The van der Waals surface area contributed by atoms with E-state index in [0.29, 0.717) is 0 Å². The Morgan fingerprint density at radius 2 is 1.71 bits per heavy atom. The summed E-state index contributed by atoms with van der Waals surface area (Å²) in [7, 11) is 0. The number of guanidine groups is 1. The minimum atomic E-state index is -0.0799. The van der Waals surface area contributed by atoms with Gasteiger partial charge < -0.3 is 25.5 Å². The Morgan fingerprint density at radius 3 is 2.42 bits per heavy atom. The molecule has 3 N–H and O–H groups in total. The molecule has 0 bridgehead atoms. The van der Waals surface area contributed by atoms with Gasteiger partial charge in [0.25, 0.3) is 0 Å². The van der Waals surface area contributed by atoms with Crippen LogP contribution in [0.3, 0.4) is 0 Å². The maximum absolute atomic E-state index is 9.54. The van der Waals surface area contributed by atoms with Crippen molar-refractivity contribution in [3.05, 3.63) is 0 Å². The molecule has 0 aliphatic carbocycles. The fourth-order valence-electron chi connectivity index (χ4n) is 3.49. The average Bonchev–Trinajstić information content (AvgIpc) is 2.61. The van der Waals surface area contributed by atoms with Crippen molar-refractivity contribution in [3.8, 4) is 0 Å². The Hall–Kier alpha value is -0.850. The highest BCUT2D eigenvalue weighted by Crippen LogP contribution is 2.10. The van der Waals surface area contributed by atoms with Crippen LogP contribution in [0.4, 0.5) is 0 Å². The van der Waals surface area contributed by atoms with Gasteiger partial charge >= 0.3 is 0 Å². The third-order valence-corrected chi connectivity index (χ3v) is 4.97. The maximum atomic E-state index is 9.54.